The summed E-state index contributed by atoms with van der Waals surface area (Å²) in [4.78, 5) is 20.4. The zero-order valence-electron chi connectivity index (χ0n) is 36.2. The highest BCUT2D eigenvalue weighted by molar-refractivity contribution is 6.14. The van der Waals surface area contributed by atoms with Crippen LogP contribution in [0.3, 0.4) is 0 Å². The summed E-state index contributed by atoms with van der Waals surface area (Å²) in [7, 11) is 0. The molecule has 6 aromatic heterocycles. The molecule has 66 heavy (non-hydrogen) atoms. The Morgan fingerprint density at radius 3 is 1.00 bits per heavy atom. The van der Waals surface area contributed by atoms with Crippen molar-refractivity contribution in [1.82, 2.24) is 38.2 Å². The molecule has 0 bridgehead atoms. The summed E-state index contributed by atoms with van der Waals surface area (Å²) < 4.78 is 9.10. The fourth-order valence-electron chi connectivity index (χ4n) is 10.2. The lowest BCUT2D eigenvalue weighted by molar-refractivity contribution is 0.892. The third-order valence-electron chi connectivity index (χ3n) is 12.9. The van der Waals surface area contributed by atoms with E-state index in [-0.39, 0.29) is 0 Å². The monoisotopic (exact) mass is 848 g/mol. The summed E-state index contributed by atoms with van der Waals surface area (Å²) in [6.07, 6.45) is 3.59. The van der Waals surface area contributed by atoms with Gasteiger partial charge < -0.3 is 9.13 Å². The molecule has 0 radical (unpaired) electrons. The van der Waals surface area contributed by atoms with Gasteiger partial charge in [-0.2, -0.15) is 15.0 Å². The van der Waals surface area contributed by atoms with Crippen molar-refractivity contribution in [3.63, 3.8) is 0 Å². The fourth-order valence-corrected chi connectivity index (χ4v) is 10.2. The van der Waals surface area contributed by atoms with Gasteiger partial charge in [0.25, 0.3) is 0 Å². The average Bonchev–Trinajstić information content (AvgIpc) is 4.12. The van der Waals surface area contributed by atoms with Crippen LogP contribution >= 0.6 is 0 Å². The van der Waals surface area contributed by atoms with Gasteiger partial charge in [0.05, 0.1) is 44.1 Å². The van der Waals surface area contributed by atoms with E-state index in [0.717, 1.165) is 60.5 Å². The second-order valence-corrected chi connectivity index (χ2v) is 16.3. The molecule has 8 aromatic carbocycles. The quantitative estimate of drug-likeness (QED) is 0.173. The van der Waals surface area contributed by atoms with Gasteiger partial charge in [0.15, 0.2) is 5.82 Å². The standard InChI is InChI=1S/C56H34N8.C2H6/c1-7-21-46-38(15-1)39-16-2-8-22-47(39)61(46)36-27-29-52-44(32-36)42-19-5-11-25-50(42)63(52)55-58-54(35-14-13-31-57-34-35)59-56(60-55)64-51-26-12-6-20-43(51)45-33-37(28-30-53(45)64)62-48-23-9-3-17-40(48)41-18-4-10-24-49(41)62;1-2/h1-34H;1-2H3. The van der Waals surface area contributed by atoms with Crippen molar-refractivity contribution in [3.05, 3.63) is 207 Å². The first-order valence-electron chi connectivity index (χ1n) is 22.5. The third kappa shape index (κ3) is 5.51. The van der Waals surface area contributed by atoms with Crippen molar-refractivity contribution in [2.24, 2.45) is 0 Å². The van der Waals surface area contributed by atoms with Crippen LogP contribution in [0.4, 0.5) is 0 Å². The SMILES string of the molecule is CC.c1cncc(-c2nc(-n3c4ccccc4c4cc(-n5c6ccccc6c6ccccc65)ccc43)nc(-n3c4ccccc4c4cc(-n5c6ccccc6c6ccccc65)ccc43)n2)c1. The van der Waals surface area contributed by atoms with E-state index in [4.69, 9.17) is 15.0 Å². The minimum atomic E-state index is 0.521. The molecule has 0 unspecified atom stereocenters. The highest BCUT2D eigenvalue weighted by Crippen LogP contribution is 2.39. The minimum absolute atomic E-state index is 0.521. The Morgan fingerprint density at radius 1 is 0.303 bits per heavy atom. The third-order valence-corrected chi connectivity index (χ3v) is 12.9. The van der Waals surface area contributed by atoms with Crippen LogP contribution in [0.1, 0.15) is 13.8 Å². The van der Waals surface area contributed by atoms with E-state index in [9.17, 15) is 0 Å². The predicted octanol–water partition coefficient (Wildman–Crippen LogP) is 14.3. The van der Waals surface area contributed by atoms with E-state index in [1.807, 2.05) is 32.2 Å². The molecule has 8 nitrogen and oxygen atoms in total. The summed E-state index contributed by atoms with van der Waals surface area (Å²) in [5.74, 6) is 1.58. The summed E-state index contributed by atoms with van der Waals surface area (Å²) in [5, 5.41) is 9.36. The van der Waals surface area contributed by atoms with Crippen molar-refractivity contribution < 1.29 is 0 Å². The van der Waals surface area contributed by atoms with Gasteiger partial charge in [-0.05, 0) is 84.9 Å². The van der Waals surface area contributed by atoms with Crippen molar-refractivity contribution in [3.8, 4) is 34.7 Å². The molecule has 14 rings (SSSR count). The Kier molecular flexibility index (Phi) is 8.48. The van der Waals surface area contributed by atoms with E-state index in [1.165, 1.54) is 43.6 Å². The van der Waals surface area contributed by atoms with E-state index in [0.29, 0.717) is 17.7 Å². The second kappa shape index (κ2) is 14.9. The van der Waals surface area contributed by atoms with Gasteiger partial charge in [-0.25, -0.2) is 0 Å². The Bertz CT molecular complexity index is 3850. The van der Waals surface area contributed by atoms with E-state index < -0.39 is 0 Å². The number of hydrogen-bond acceptors (Lipinski definition) is 4. The van der Waals surface area contributed by atoms with Crippen molar-refractivity contribution in [2.45, 2.75) is 13.8 Å². The van der Waals surface area contributed by atoms with Gasteiger partial charge in [-0.3, -0.25) is 14.1 Å². The van der Waals surface area contributed by atoms with Crippen LogP contribution in [0.25, 0.3) is 122 Å². The Hall–Kier alpha value is -8.88. The maximum Gasteiger partial charge on any atom is 0.240 e. The molecule has 0 aliphatic rings. The number of nitrogens with zero attached hydrogens (tertiary/aromatic N) is 8. The first-order chi connectivity index (χ1) is 32.8. The van der Waals surface area contributed by atoms with Crippen LogP contribution in [0.2, 0.25) is 0 Å². The molecule has 0 fully saturated rings. The smallest absolute Gasteiger partial charge is 0.240 e. The summed E-state index contributed by atoms with van der Waals surface area (Å²) in [6.45, 7) is 4.00. The molecule has 0 atom stereocenters. The summed E-state index contributed by atoms with van der Waals surface area (Å²) >= 11 is 0. The molecular weight excluding hydrogens is 809 g/mol. The maximum absolute atomic E-state index is 5.43. The van der Waals surface area contributed by atoms with Crippen molar-refractivity contribution in [2.75, 3.05) is 0 Å². The zero-order chi connectivity index (χ0) is 43.9. The predicted molar refractivity (Wildman–Crippen MR) is 272 cm³/mol. The number of fused-ring (bicyclic) bond motifs is 12. The fraction of sp³-hybridized carbons (Fsp3) is 0.0345. The zero-order valence-corrected chi connectivity index (χ0v) is 36.2. The lowest BCUT2D eigenvalue weighted by Crippen LogP contribution is -2.10. The molecule has 14 aromatic rings. The van der Waals surface area contributed by atoms with Gasteiger partial charge in [0.1, 0.15) is 0 Å². The van der Waals surface area contributed by atoms with E-state index in [2.05, 4.69) is 205 Å². The minimum Gasteiger partial charge on any atom is -0.309 e. The first-order valence-corrected chi connectivity index (χ1v) is 22.5. The highest BCUT2D eigenvalue weighted by atomic mass is 15.3. The summed E-state index contributed by atoms with van der Waals surface area (Å²) in [5.41, 5.74) is 11.7. The van der Waals surface area contributed by atoms with E-state index in [1.54, 1.807) is 6.20 Å². The number of aromatic nitrogens is 8. The Morgan fingerprint density at radius 2 is 0.636 bits per heavy atom. The number of hydrogen-bond donors (Lipinski definition) is 0. The summed E-state index contributed by atoms with van der Waals surface area (Å²) in [6, 6.07) is 69.0. The second-order valence-electron chi connectivity index (χ2n) is 16.3. The Labute approximate surface area is 378 Å². The maximum atomic E-state index is 5.43. The largest absolute Gasteiger partial charge is 0.309 e. The van der Waals surface area contributed by atoms with Crippen LogP contribution in [-0.4, -0.2) is 38.2 Å². The molecule has 0 saturated carbocycles. The van der Waals surface area contributed by atoms with Crippen LogP contribution in [0.15, 0.2) is 207 Å². The normalized spacial score (nSPS) is 11.8. The number of para-hydroxylation sites is 6. The van der Waals surface area contributed by atoms with Gasteiger partial charge in [0.2, 0.25) is 11.9 Å². The Balaban J connectivity index is 0.00000215. The van der Waals surface area contributed by atoms with Gasteiger partial charge >= 0.3 is 0 Å². The van der Waals surface area contributed by atoms with Crippen molar-refractivity contribution in [1.29, 1.82) is 0 Å². The molecule has 0 amide bonds. The van der Waals surface area contributed by atoms with E-state index >= 15 is 0 Å². The average molecular weight is 849 g/mol. The van der Waals surface area contributed by atoms with Crippen LogP contribution in [0.5, 0.6) is 0 Å². The number of benzene rings is 8. The number of pyridine rings is 1. The lowest BCUT2D eigenvalue weighted by atomic mass is 10.1. The first kappa shape index (κ1) is 37.7. The molecule has 312 valence electrons. The van der Waals surface area contributed by atoms with Gasteiger partial charge in [-0.1, -0.05) is 123 Å². The molecule has 0 aliphatic heterocycles. The molecule has 6 heterocycles. The van der Waals surface area contributed by atoms with Crippen molar-refractivity contribution >= 4 is 87.2 Å². The van der Waals surface area contributed by atoms with Gasteiger partial charge in [-0.15, -0.1) is 0 Å². The van der Waals surface area contributed by atoms with Crippen LogP contribution in [-0.2, 0) is 0 Å². The lowest BCUT2D eigenvalue weighted by Gasteiger charge is -2.13. The van der Waals surface area contributed by atoms with Crippen LogP contribution in [0, 0.1) is 0 Å². The molecule has 8 heteroatoms. The topological polar surface area (TPSA) is 71.3 Å². The van der Waals surface area contributed by atoms with Gasteiger partial charge in [0, 0.05) is 72.4 Å². The van der Waals surface area contributed by atoms with Crippen LogP contribution < -0.4 is 0 Å². The molecule has 0 saturated heterocycles. The molecule has 0 spiro atoms. The molecular formula is C58H40N8. The molecule has 0 aliphatic carbocycles. The highest BCUT2D eigenvalue weighted by Gasteiger charge is 2.22. The number of rotatable bonds is 5. The molecule has 0 N–H and O–H groups in total.